The Kier molecular flexibility index (Phi) is 5.59. The number of rotatable bonds is 7. The van der Waals surface area contributed by atoms with E-state index in [-0.39, 0.29) is 6.04 Å². The first-order chi connectivity index (χ1) is 8.45. The zero-order valence-corrected chi connectivity index (χ0v) is 12.3. The minimum atomic E-state index is 0.0824. The predicted octanol–water partition coefficient (Wildman–Crippen LogP) is 2.69. The van der Waals surface area contributed by atoms with Crippen molar-refractivity contribution in [3.05, 3.63) is 5.89 Å². The molecule has 0 spiro atoms. The average molecular weight is 254 g/mol. The molecule has 5 nitrogen and oxygen atoms in total. The van der Waals surface area contributed by atoms with Crippen molar-refractivity contribution in [1.29, 1.82) is 0 Å². The molecule has 0 saturated heterocycles. The summed E-state index contributed by atoms with van der Waals surface area (Å²) in [5.41, 5.74) is 0. The topological polar surface area (TPSA) is 63.0 Å². The predicted molar refractivity (Wildman–Crippen MR) is 73.4 cm³/mol. The Morgan fingerprint density at radius 2 is 1.67 bits per heavy atom. The molecule has 1 aromatic heterocycles. The molecule has 0 amide bonds. The van der Waals surface area contributed by atoms with Gasteiger partial charge in [0.25, 0.3) is 0 Å². The van der Waals surface area contributed by atoms with E-state index < -0.39 is 0 Å². The van der Waals surface area contributed by atoms with Gasteiger partial charge in [0, 0.05) is 6.54 Å². The lowest BCUT2D eigenvalue weighted by Crippen LogP contribution is -2.24. The Morgan fingerprint density at radius 3 is 2.17 bits per heavy atom. The first-order valence-electron chi connectivity index (χ1n) is 6.70. The normalized spacial score (nSPS) is 13.6. The number of hydrogen-bond donors (Lipinski definition) is 2. The summed E-state index contributed by atoms with van der Waals surface area (Å²) in [4.78, 5) is 0. The van der Waals surface area contributed by atoms with Gasteiger partial charge in [-0.2, -0.15) is 0 Å². The highest BCUT2D eigenvalue weighted by Crippen LogP contribution is 2.21. The first kappa shape index (κ1) is 15.0. The molecule has 0 fully saturated rings. The van der Waals surface area contributed by atoms with Crippen LogP contribution in [-0.2, 0) is 0 Å². The van der Waals surface area contributed by atoms with Gasteiger partial charge in [0.1, 0.15) is 0 Å². The van der Waals surface area contributed by atoms with Crippen LogP contribution in [0.4, 0.5) is 6.01 Å². The maximum atomic E-state index is 5.55. The van der Waals surface area contributed by atoms with Crippen LogP contribution in [-0.4, -0.2) is 23.8 Å². The Labute approximate surface area is 110 Å². The molecule has 1 aromatic rings. The van der Waals surface area contributed by atoms with Gasteiger partial charge >= 0.3 is 6.01 Å². The Hall–Kier alpha value is -1.10. The van der Waals surface area contributed by atoms with Gasteiger partial charge in [0.05, 0.1) is 6.04 Å². The summed E-state index contributed by atoms with van der Waals surface area (Å²) in [5.74, 6) is 2.49. The van der Waals surface area contributed by atoms with E-state index in [2.05, 4.69) is 48.5 Å². The SMILES string of the molecule is CNC(C)c1nnc(NCC(C(C)C)C(C)C)o1. The molecule has 104 valence electrons. The van der Waals surface area contributed by atoms with Crippen LogP contribution >= 0.6 is 0 Å². The van der Waals surface area contributed by atoms with Crippen molar-refractivity contribution in [2.75, 3.05) is 18.9 Å². The monoisotopic (exact) mass is 254 g/mol. The molecule has 0 bridgehead atoms. The van der Waals surface area contributed by atoms with Gasteiger partial charge in [-0.15, -0.1) is 5.10 Å². The van der Waals surface area contributed by atoms with Crippen LogP contribution < -0.4 is 10.6 Å². The standard InChI is InChI=1S/C13H26N4O/c1-8(2)11(9(3)4)7-15-13-17-16-12(18-13)10(5)14-6/h8-11,14H,7H2,1-6H3,(H,15,17). The fraction of sp³-hybridized carbons (Fsp3) is 0.846. The van der Waals surface area contributed by atoms with Gasteiger partial charge in [-0.25, -0.2) is 0 Å². The lowest BCUT2D eigenvalue weighted by Gasteiger charge is -2.24. The van der Waals surface area contributed by atoms with Gasteiger partial charge in [0.15, 0.2) is 0 Å². The summed E-state index contributed by atoms with van der Waals surface area (Å²) in [6, 6.07) is 0.595. The molecule has 18 heavy (non-hydrogen) atoms. The fourth-order valence-electron chi connectivity index (χ4n) is 2.05. The smallest absolute Gasteiger partial charge is 0.315 e. The molecule has 1 atom stereocenters. The number of hydrogen-bond acceptors (Lipinski definition) is 5. The molecule has 0 aliphatic rings. The molecule has 5 heteroatoms. The molecule has 1 unspecified atom stereocenters. The van der Waals surface area contributed by atoms with E-state index in [1.165, 1.54) is 0 Å². The average Bonchev–Trinajstić information content (AvgIpc) is 2.76. The lowest BCUT2D eigenvalue weighted by atomic mass is 9.85. The maximum absolute atomic E-state index is 5.55. The molecule has 1 heterocycles. The zero-order chi connectivity index (χ0) is 13.7. The number of aromatic nitrogens is 2. The van der Waals surface area contributed by atoms with Crippen LogP contribution in [0.2, 0.25) is 0 Å². The Bertz CT molecular complexity index is 341. The minimum Gasteiger partial charge on any atom is -0.406 e. The van der Waals surface area contributed by atoms with E-state index in [0.29, 0.717) is 29.7 Å². The lowest BCUT2D eigenvalue weighted by molar-refractivity contribution is 0.302. The molecule has 1 rings (SSSR count). The first-order valence-corrected chi connectivity index (χ1v) is 6.70. The second-order valence-electron chi connectivity index (χ2n) is 5.49. The van der Waals surface area contributed by atoms with Crippen molar-refractivity contribution in [1.82, 2.24) is 15.5 Å². The molecular formula is C13H26N4O. The van der Waals surface area contributed by atoms with Crippen LogP contribution in [0.25, 0.3) is 0 Å². The molecule has 2 N–H and O–H groups in total. The van der Waals surface area contributed by atoms with Gasteiger partial charge in [0.2, 0.25) is 5.89 Å². The maximum Gasteiger partial charge on any atom is 0.315 e. The van der Waals surface area contributed by atoms with Gasteiger partial charge in [-0.05, 0) is 31.7 Å². The van der Waals surface area contributed by atoms with Crippen molar-refractivity contribution in [2.45, 2.75) is 40.7 Å². The molecule has 0 radical (unpaired) electrons. The van der Waals surface area contributed by atoms with Crippen LogP contribution in [0.15, 0.2) is 4.42 Å². The van der Waals surface area contributed by atoms with Gasteiger partial charge in [-0.1, -0.05) is 32.8 Å². The summed E-state index contributed by atoms with van der Waals surface area (Å²) >= 11 is 0. The summed E-state index contributed by atoms with van der Waals surface area (Å²) in [7, 11) is 1.87. The second kappa shape index (κ2) is 6.73. The minimum absolute atomic E-state index is 0.0824. The summed E-state index contributed by atoms with van der Waals surface area (Å²) in [6.07, 6.45) is 0. The highest BCUT2D eigenvalue weighted by molar-refractivity contribution is 5.17. The van der Waals surface area contributed by atoms with Crippen molar-refractivity contribution in [3.8, 4) is 0 Å². The molecule has 0 saturated carbocycles. The summed E-state index contributed by atoms with van der Waals surface area (Å²) in [5, 5.41) is 14.3. The molecule has 0 aliphatic carbocycles. The van der Waals surface area contributed by atoms with Crippen LogP contribution in [0.3, 0.4) is 0 Å². The van der Waals surface area contributed by atoms with Crippen molar-refractivity contribution < 1.29 is 4.42 Å². The molecule has 0 aliphatic heterocycles. The van der Waals surface area contributed by atoms with Crippen molar-refractivity contribution in [2.24, 2.45) is 17.8 Å². The van der Waals surface area contributed by atoms with Gasteiger partial charge in [-0.3, -0.25) is 0 Å². The van der Waals surface area contributed by atoms with E-state index >= 15 is 0 Å². The Balaban J connectivity index is 2.55. The summed E-state index contributed by atoms with van der Waals surface area (Å²) in [6.45, 7) is 11.8. The number of nitrogens with zero attached hydrogens (tertiary/aromatic N) is 2. The van der Waals surface area contributed by atoms with E-state index in [4.69, 9.17) is 4.42 Å². The van der Waals surface area contributed by atoms with Gasteiger partial charge < -0.3 is 15.1 Å². The van der Waals surface area contributed by atoms with E-state index in [0.717, 1.165) is 6.54 Å². The van der Waals surface area contributed by atoms with Crippen LogP contribution in [0.1, 0.15) is 46.6 Å². The fourth-order valence-corrected chi connectivity index (χ4v) is 2.05. The highest BCUT2D eigenvalue weighted by atomic mass is 16.4. The Morgan fingerprint density at radius 1 is 1.06 bits per heavy atom. The largest absolute Gasteiger partial charge is 0.406 e. The van der Waals surface area contributed by atoms with Crippen molar-refractivity contribution >= 4 is 6.01 Å². The zero-order valence-electron chi connectivity index (χ0n) is 12.3. The highest BCUT2D eigenvalue weighted by Gasteiger charge is 2.18. The van der Waals surface area contributed by atoms with E-state index in [1.54, 1.807) is 0 Å². The summed E-state index contributed by atoms with van der Waals surface area (Å²) < 4.78 is 5.55. The third-order valence-corrected chi connectivity index (χ3v) is 3.45. The van der Waals surface area contributed by atoms with E-state index in [9.17, 15) is 0 Å². The molecular weight excluding hydrogens is 228 g/mol. The second-order valence-corrected chi connectivity index (χ2v) is 5.49. The van der Waals surface area contributed by atoms with E-state index in [1.807, 2.05) is 14.0 Å². The third-order valence-electron chi connectivity index (χ3n) is 3.45. The number of nitrogens with one attached hydrogen (secondary N) is 2. The van der Waals surface area contributed by atoms with Crippen LogP contribution in [0, 0.1) is 17.8 Å². The third kappa shape index (κ3) is 3.98. The number of anilines is 1. The van der Waals surface area contributed by atoms with Crippen LogP contribution in [0.5, 0.6) is 0 Å². The quantitative estimate of drug-likeness (QED) is 0.783. The van der Waals surface area contributed by atoms with Crippen molar-refractivity contribution in [3.63, 3.8) is 0 Å². The molecule has 0 aromatic carbocycles.